The first-order chi connectivity index (χ1) is 4.63. The number of rotatable bonds is 4. The molecule has 0 spiro atoms. The zero-order valence-electron chi connectivity index (χ0n) is 7.23. The molecule has 0 unspecified atom stereocenters. The lowest BCUT2D eigenvalue weighted by molar-refractivity contribution is -0.174. The third kappa shape index (κ3) is 1.68. The smallest absolute Gasteiger partial charge is 0.184 e. The molecule has 0 aromatic rings. The first kappa shape index (κ1) is 9.88. The summed E-state index contributed by atoms with van der Waals surface area (Å²) in [5, 5.41) is 1.04. The van der Waals surface area contributed by atoms with Crippen LogP contribution in [-0.2, 0) is 9.47 Å². The largest absolute Gasteiger partial charge is 0.350 e. The van der Waals surface area contributed by atoms with Crippen LogP contribution in [0.3, 0.4) is 0 Å². The Hall–Kier alpha value is -0.123. The van der Waals surface area contributed by atoms with E-state index in [1.54, 1.807) is 14.2 Å². The summed E-state index contributed by atoms with van der Waals surface area (Å²) in [6.07, 6.45) is 0.822. The SMILES string of the molecule is C=C([SiH3])C(CC)(OC)OC. The van der Waals surface area contributed by atoms with Crippen molar-refractivity contribution in [2.75, 3.05) is 14.2 Å². The average molecular weight is 160 g/mol. The molecule has 0 aromatic heterocycles. The molecule has 0 bridgehead atoms. The van der Waals surface area contributed by atoms with Crippen LogP contribution in [0.1, 0.15) is 13.3 Å². The highest BCUT2D eigenvalue weighted by Gasteiger charge is 2.27. The number of methoxy groups -OCH3 is 2. The summed E-state index contributed by atoms with van der Waals surface area (Å²) >= 11 is 0. The minimum absolute atomic E-state index is 0.508. The third-order valence-electron chi connectivity index (χ3n) is 1.78. The van der Waals surface area contributed by atoms with Crippen molar-refractivity contribution >= 4 is 10.2 Å². The standard InChI is InChI=1S/C7H16O2Si/c1-5-7(8-3,9-4)6(2)10/h2,5H2,1,3-4,10H3. The summed E-state index contributed by atoms with van der Waals surface area (Å²) < 4.78 is 10.4. The molecular formula is C7H16O2Si. The highest BCUT2D eigenvalue weighted by atomic mass is 28.1. The Labute approximate surface area is 65.6 Å². The van der Waals surface area contributed by atoms with Crippen molar-refractivity contribution in [3.63, 3.8) is 0 Å². The van der Waals surface area contributed by atoms with E-state index in [-0.39, 0.29) is 0 Å². The van der Waals surface area contributed by atoms with Crippen molar-refractivity contribution in [1.29, 1.82) is 0 Å². The Morgan fingerprint density at radius 3 is 1.90 bits per heavy atom. The minimum atomic E-state index is -0.508. The van der Waals surface area contributed by atoms with Gasteiger partial charge in [0.15, 0.2) is 5.79 Å². The fraction of sp³-hybridized carbons (Fsp3) is 0.714. The van der Waals surface area contributed by atoms with Gasteiger partial charge in [0.1, 0.15) is 0 Å². The van der Waals surface area contributed by atoms with Crippen LogP contribution in [0.2, 0.25) is 0 Å². The normalized spacial score (nSPS) is 11.9. The summed E-state index contributed by atoms with van der Waals surface area (Å²) in [4.78, 5) is 0. The van der Waals surface area contributed by atoms with Gasteiger partial charge < -0.3 is 9.47 Å². The quantitative estimate of drug-likeness (QED) is 0.434. The molecule has 0 heterocycles. The van der Waals surface area contributed by atoms with Crippen molar-refractivity contribution in [3.05, 3.63) is 11.8 Å². The topological polar surface area (TPSA) is 18.5 Å². The first-order valence-electron chi connectivity index (χ1n) is 3.39. The molecule has 0 radical (unpaired) electrons. The molecule has 0 atom stereocenters. The summed E-state index contributed by atoms with van der Waals surface area (Å²) in [7, 11) is 4.21. The molecule has 10 heavy (non-hydrogen) atoms. The molecule has 0 aliphatic rings. The maximum Gasteiger partial charge on any atom is 0.184 e. The molecule has 60 valence electrons. The lowest BCUT2D eigenvalue weighted by atomic mass is 10.2. The van der Waals surface area contributed by atoms with Crippen molar-refractivity contribution in [3.8, 4) is 0 Å². The fourth-order valence-corrected chi connectivity index (χ4v) is 1.78. The van der Waals surface area contributed by atoms with Gasteiger partial charge in [-0.3, -0.25) is 0 Å². The van der Waals surface area contributed by atoms with Crippen LogP contribution in [0.5, 0.6) is 0 Å². The molecule has 0 fully saturated rings. The van der Waals surface area contributed by atoms with Gasteiger partial charge in [-0.05, 0) is 5.20 Å². The molecule has 0 aliphatic heterocycles. The van der Waals surface area contributed by atoms with E-state index in [1.165, 1.54) is 0 Å². The molecule has 0 rings (SSSR count). The van der Waals surface area contributed by atoms with Crippen LogP contribution in [0.25, 0.3) is 0 Å². The van der Waals surface area contributed by atoms with E-state index in [1.807, 2.05) is 6.92 Å². The van der Waals surface area contributed by atoms with E-state index in [0.29, 0.717) is 0 Å². The molecule has 0 saturated carbocycles. The van der Waals surface area contributed by atoms with Crippen LogP contribution < -0.4 is 0 Å². The second-order valence-corrected chi connectivity index (χ2v) is 3.50. The Kier molecular flexibility index (Phi) is 3.86. The minimum Gasteiger partial charge on any atom is -0.350 e. The maximum absolute atomic E-state index is 5.21. The fourth-order valence-electron chi connectivity index (χ4n) is 1.02. The van der Waals surface area contributed by atoms with E-state index >= 15 is 0 Å². The van der Waals surface area contributed by atoms with Gasteiger partial charge in [0.2, 0.25) is 0 Å². The number of ether oxygens (including phenoxy) is 2. The zero-order valence-corrected chi connectivity index (χ0v) is 9.23. The van der Waals surface area contributed by atoms with Gasteiger partial charge in [-0.15, -0.1) is 0 Å². The Balaban J connectivity index is 4.31. The molecule has 0 amide bonds. The molecule has 0 saturated heterocycles. The summed E-state index contributed by atoms with van der Waals surface area (Å²) in [5.41, 5.74) is 0. The predicted molar refractivity (Wildman–Crippen MR) is 46.1 cm³/mol. The summed E-state index contributed by atoms with van der Waals surface area (Å²) in [5.74, 6) is -0.508. The van der Waals surface area contributed by atoms with Gasteiger partial charge in [-0.1, -0.05) is 13.5 Å². The number of hydrogen-bond acceptors (Lipinski definition) is 2. The number of hydrogen-bond donors (Lipinski definition) is 0. The molecule has 0 aromatic carbocycles. The third-order valence-corrected chi connectivity index (χ3v) is 2.54. The summed E-state index contributed by atoms with van der Waals surface area (Å²) in [6.45, 7) is 5.88. The average Bonchev–Trinajstić information content (AvgIpc) is 1.92. The predicted octanol–water partition coefficient (Wildman–Crippen LogP) is 0.265. The van der Waals surface area contributed by atoms with Crippen LogP contribution in [0, 0.1) is 0 Å². The van der Waals surface area contributed by atoms with E-state index in [4.69, 9.17) is 9.47 Å². The second-order valence-electron chi connectivity index (χ2n) is 2.30. The van der Waals surface area contributed by atoms with Crippen molar-refractivity contribution < 1.29 is 9.47 Å². The Morgan fingerprint density at radius 1 is 1.50 bits per heavy atom. The molecular weight excluding hydrogens is 144 g/mol. The van der Waals surface area contributed by atoms with Crippen molar-refractivity contribution in [2.45, 2.75) is 19.1 Å². The monoisotopic (exact) mass is 160 g/mol. The van der Waals surface area contributed by atoms with Gasteiger partial charge in [-0.2, -0.15) is 0 Å². The highest BCUT2D eigenvalue weighted by molar-refractivity contribution is 6.22. The molecule has 3 heteroatoms. The zero-order chi connectivity index (χ0) is 8.20. The van der Waals surface area contributed by atoms with E-state index < -0.39 is 5.79 Å². The summed E-state index contributed by atoms with van der Waals surface area (Å²) in [6, 6.07) is 0. The van der Waals surface area contributed by atoms with Crippen LogP contribution >= 0.6 is 0 Å². The first-order valence-corrected chi connectivity index (χ1v) is 4.39. The van der Waals surface area contributed by atoms with Crippen molar-refractivity contribution in [2.24, 2.45) is 0 Å². The molecule has 0 aliphatic carbocycles. The van der Waals surface area contributed by atoms with Gasteiger partial charge in [0, 0.05) is 30.9 Å². The lowest BCUT2D eigenvalue weighted by Crippen LogP contribution is -2.34. The van der Waals surface area contributed by atoms with Gasteiger partial charge in [-0.25, -0.2) is 0 Å². The second kappa shape index (κ2) is 3.90. The van der Waals surface area contributed by atoms with Gasteiger partial charge >= 0.3 is 0 Å². The van der Waals surface area contributed by atoms with E-state index in [0.717, 1.165) is 21.9 Å². The van der Waals surface area contributed by atoms with Gasteiger partial charge in [0.05, 0.1) is 0 Å². The molecule has 0 N–H and O–H groups in total. The van der Waals surface area contributed by atoms with Crippen LogP contribution in [0.15, 0.2) is 11.8 Å². The van der Waals surface area contributed by atoms with E-state index in [2.05, 4.69) is 6.58 Å². The highest BCUT2D eigenvalue weighted by Crippen LogP contribution is 2.21. The van der Waals surface area contributed by atoms with Crippen LogP contribution in [0.4, 0.5) is 0 Å². The van der Waals surface area contributed by atoms with Crippen LogP contribution in [-0.4, -0.2) is 30.2 Å². The van der Waals surface area contributed by atoms with Crippen molar-refractivity contribution in [1.82, 2.24) is 0 Å². The van der Waals surface area contributed by atoms with Gasteiger partial charge in [0.25, 0.3) is 0 Å². The Bertz CT molecular complexity index is 111. The maximum atomic E-state index is 5.21. The lowest BCUT2D eigenvalue weighted by Gasteiger charge is -2.30. The van der Waals surface area contributed by atoms with E-state index in [9.17, 15) is 0 Å². The molecule has 2 nitrogen and oxygen atoms in total. The Morgan fingerprint density at radius 2 is 1.90 bits per heavy atom.